The van der Waals surface area contributed by atoms with Crippen molar-refractivity contribution in [3.63, 3.8) is 0 Å². The van der Waals surface area contributed by atoms with Crippen LogP contribution in [0.3, 0.4) is 0 Å². The van der Waals surface area contributed by atoms with Crippen LogP contribution in [0.25, 0.3) is 11.4 Å². The van der Waals surface area contributed by atoms with E-state index >= 15 is 0 Å². The van der Waals surface area contributed by atoms with Crippen molar-refractivity contribution in [2.75, 3.05) is 0 Å². The normalized spacial score (nSPS) is 11.3. The SMILES string of the molecule is CCCn1c(-c2cc(C)nn(CC(C)C)c2=O)n[nH]c1=S. The van der Waals surface area contributed by atoms with Gasteiger partial charge in [-0.15, -0.1) is 0 Å². The van der Waals surface area contributed by atoms with Gasteiger partial charge in [-0.3, -0.25) is 9.89 Å². The van der Waals surface area contributed by atoms with Crippen molar-refractivity contribution < 1.29 is 0 Å². The maximum Gasteiger partial charge on any atom is 0.277 e. The Morgan fingerprint density at radius 3 is 2.76 bits per heavy atom. The van der Waals surface area contributed by atoms with E-state index in [9.17, 15) is 4.79 Å². The molecule has 2 aromatic rings. The van der Waals surface area contributed by atoms with E-state index in [1.54, 1.807) is 6.07 Å². The molecular formula is C14H21N5OS. The lowest BCUT2D eigenvalue weighted by Crippen LogP contribution is -2.27. The lowest BCUT2D eigenvalue weighted by atomic mass is 10.2. The maximum atomic E-state index is 12.6. The second-order valence-electron chi connectivity index (χ2n) is 5.58. The van der Waals surface area contributed by atoms with Gasteiger partial charge in [-0.25, -0.2) is 4.68 Å². The average molecular weight is 307 g/mol. The van der Waals surface area contributed by atoms with E-state index in [4.69, 9.17) is 12.2 Å². The third-order valence-electron chi connectivity index (χ3n) is 3.08. The Kier molecular flexibility index (Phi) is 4.72. The van der Waals surface area contributed by atoms with Gasteiger partial charge in [-0.2, -0.15) is 10.2 Å². The molecule has 6 nitrogen and oxygen atoms in total. The van der Waals surface area contributed by atoms with E-state index in [0.717, 1.165) is 18.7 Å². The molecule has 0 bridgehead atoms. The second-order valence-corrected chi connectivity index (χ2v) is 5.97. The zero-order valence-corrected chi connectivity index (χ0v) is 13.7. The van der Waals surface area contributed by atoms with Crippen LogP contribution in [-0.4, -0.2) is 24.5 Å². The molecule has 0 aliphatic heterocycles. The van der Waals surface area contributed by atoms with Gasteiger partial charge in [0.1, 0.15) is 0 Å². The van der Waals surface area contributed by atoms with Gasteiger partial charge in [0.25, 0.3) is 5.56 Å². The molecule has 7 heteroatoms. The van der Waals surface area contributed by atoms with Crippen LogP contribution < -0.4 is 5.56 Å². The minimum Gasteiger partial charge on any atom is -0.300 e. The Hall–Kier alpha value is -1.76. The summed E-state index contributed by atoms with van der Waals surface area (Å²) in [7, 11) is 0. The first-order chi connectivity index (χ1) is 9.93. The summed E-state index contributed by atoms with van der Waals surface area (Å²) >= 11 is 5.24. The van der Waals surface area contributed by atoms with Crippen LogP contribution in [0.15, 0.2) is 10.9 Å². The first-order valence-corrected chi connectivity index (χ1v) is 7.59. The minimum atomic E-state index is -0.124. The predicted molar refractivity (Wildman–Crippen MR) is 84.8 cm³/mol. The second kappa shape index (κ2) is 6.34. The number of rotatable bonds is 5. The quantitative estimate of drug-likeness (QED) is 0.862. The van der Waals surface area contributed by atoms with E-state index in [1.807, 2.05) is 11.5 Å². The predicted octanol–water partition coefficient (Wildman–Crippen LogP) is 2.54. The maximum absolute atomic E-state index is 12.6. The molecular weight excluding hydrogens is 286 g/mol. The molecule has 0 aliphatic rings. The van der Waals surface area contributed by atoms with Gasteiger partial charge in [0.05, 0.1) is 11.3 Å². The van der Waals surface area contributed by atoms with Crippen molar-refractivity contribution >= 4 is 12.2 Å². The van der Waals surface area contributed by atoms with Crippen LogP contribution in [0.1, 0.15) is 32.9 Å². The monoisotopic (exact) mass is 307 g/mol. The summed E-state index contributed by atoms with van der Waals surface area (Å²) in [4.78, 5) is 12.6. The fraction of sp³-hybridized carbons (Fsp3) is 0.571. The molecule has 0 unspecified atom stereocenters. The molecule has 21 heavy (non-hydrogen) atoms. The summed E-state index contributed by atoms with van der Waals surface area (Å²) in [6.45, 7) is 9.38. The van der Waals surface area contributed by atoms with Gasteiger partial charge >= 0.3 is 0 Å². The van der Waals surface area contributed by atoms with Crippen LogP contribution in [0.4, 0.5) is 0 Å². The molecule has 0 amide bonds. The van der Waals surface area contributed by atoms with Gasteiger partial charge in [0, 0.05) is 13.1 Å². The van der Waals surface area contributed by atoms with E-state index < -0.39 is 0 Å². The molecule has 0 aliphatic carbocycles. The third-order valence-corrected chi connectivity index (χ3v) is 3.39. The number of hydrogen-bond donors (Lipinski definition) is 1. The molecule has 0 fully saturated rings. The van der Waals surface area contributed by atoms with Crippen LogP contribution in [0, 0.1) is 17.6 Å². The van der Waals surface area contributed by atoms with Crippen molar-refractivity contribution in [2.45, 2.75) is 47.2 Å². The summed E-state index contributed by atoms with van der Waals surface area (Å²) in [5, 5.41) is 11.3. The van der Waals surface area contributed by atoms with E-state index in [1.165, 1.54) is 4.68 Å². The number of nitrogens with one attached hydrogen (secondary N) is 1. The molecule has 2 aromatic heterocycles. The van der Waals surface area contributed by atoms with E-state index in [0.29, 0.717) is 28.6 Å². The largest absolute Gasteiger partial charge is 0.300 e. The van der Waals surface area contributed by atoms with Gasteiger partial charge in [0.2, 0.25) is 0 Å². The minimum absolute atomic E-state index is 0.124. The first-order valence-electron chi connectivity index (χ1n) is 7.18. The highest BCUT2D eigenvalue weighted by atomic mass is 32.1. The molecule has 0 aromatic carbocycles. The van der Waals surface area contributed by atoms with Crippen LogP contribution >= 0.6 is 12.2 Å². The summed E-state index contributed by atoms with van der Waals surface area (Å²) in [5.41, 5.74) is 1.21. The lowest BCUT2D eigenvalue weighted by Gasteiger charge is -2.11. The fourth-order valence-corrected chi connectivity index (χ4v) is 2.48. The lowest BCUT2D eigenvalue weighted by molar-refractivity contribution is 0.461. The van der Waals surface area contributed by atoms with Gasteiger partial charge in [0.15, 0.2) is 10.6 Å². The Morgan fingerprint density at radius 2 is 2.14 bits per heavy atom. The van der Waals surface area contributed by atoms with Crippen molar-refractivity contribution in [3.8, 4) is 11.4 Å². The standard InChI is InChI=1S/C14H21N5OS/c1-5-6-18-12(15-16-14(18)21)11-7-10(4)17-19(13(11)20)8-9(2)3/h7,9H,5-6,8H2,1-4H3,(H,16,21). The smallest absolute Gasteiger partial charge is 0.277 e. The molecule has 114 valence electrons. The van der Waals surface area contributed by atoms with Crippen molar-refractivity contribution in [2.24, 2.45) is 5.92 Å². The Labute approximate surface area is 128 Å². The summed E-state index contributed by atoms with van der Waals surface area (Å²) in [6, 6.07) is 1.77. The molecule has 1 N–H and O–H groups in total. The van der Waals surface area contributed by atoms with Gasteiger partial charge in [-0.05, 0) is 37.5 Å². The van der Waals surface area contributed by atoms with Crippen LogP contribution in [-0.2, 0) is 13.1 Å². The zero-order chi connectivity index (χ0) is 15.6. The average Bonchev–Trinajstić information content (AvgIpc) is 2.75. The molecule has 2 heterocycles. The summed E-state index contributed by atoms with van der Waals surface area (Å²) < 4.78 is 3.92. The van der Waals surface area contributed by atoms with Crippen molar-refractivity contribution in [1.82, 2.24) is 24.5 Å². The van der Waals surface area contributed by atoms with Crippen LogP contribution in [0.5, 0.6) is 0 Å². The number of aromatic nitrogens is 5. The van der Waals surface area contributed by atoms with Crippen LogP contribution in [0.2, 0.25) is 0 Å². The fourth-order valence-electron chi connectivity index (χ4n) is 2.26. The highest BCUT2D eigenvalue weighted by Gasteiger charge is 2.15. The Morgan fingerprint density at radius 1 is 1.43 bits per heavy atom. The molecule has 0 saturated heterocycles. The zero-order valence-electron chi connectivity index (χ0n) is 12.9. The molecule has 0 atom stereocenters. The number of aryl methyl sites for hydroxylation is 1. The molecule has 0 spiro atoms. The van der Waals surface area contributed by atoms with Gasteiger partial charge < -0.3 is 4.57 Å². The van der Waals surface area contributed by atoms with Crippen molar-refractivity contribution in [3.05, 3.63) is 26.9 Å². The third kappa shape index (κ3) is 3.29. The molecule has 2 rings (SSSR count). The molecule has 0 radical (unpaired) electrons. The Balaban J connectivity index is 2.62. The van der Waals surface area contributed by atoms with Crippen molar-refractivity contribution in [1.29, 1.82) is 0 Å². The molecule has 0 saturated carbocycles. The first kappa shape index (κ1) is 15.6. The number of nitrogens with zero attached hydrogens (tertiary/aromatic N) is 4. The highest BCUT2D eigenvalue weighted by Crippen LogP contribution is 2.14. The Bertz CT molecular complexity index is 741. The van der Waals surface area contributed by atoms with E-state index in [2.05, 4.69) is 36.1 Å². The number of H-pyrrole nitrogens is 1. The number of aromatic amines is 1. The summed E-state index contributed by atoms with van der Waals surface area (Å²) in [5.74, 6) is 0.941. The topological polar surface area (TPSA) is 68.5 Å². The van der Waals surface area contributed by atoms with Gasteiger partial charge in [-0.1, -0.05) is 20.8 Å². The van der Waals surface area contributed by atoms with E-state index in [-0.39, 0.29) is 5.56 Å². The number of hydrogen-bond acceptors (Lipinski definition) is 4. The summed E-state index contributed by atoms with van der Waals surface area (Å²) in [6.07, 6.45) is 0.922. The highest BCUT2D eigenvalue weighted by molar-refractivity contribution is 7.71.